The van der Waals surface area contributed by atoms with Gasteiger partial charge in [-0.25, -0.2) is 0 Å². The Kier molecular flexibility index (Phi) is 6.14. The minimum Gasteiger partial charge on any atom is -0.371 e. The van der Waals surface area contributed by atoms with Crippen LogP contribution in [0.2, 0.25) is 0 Å². The van der Waals surface area contributed by atoms with Crippen LogP contribution in [-0.4, -0.2) is 18.0 Å². The second-order valence-electron chi connectivity index (χ2n) is 6.83. The second kappa shape index (κ2) is 7.87. The molecule has 1 aliphatic heterocycles. The molecule has 0 radical (unpaired) electrons. The number of likely N-dealkylation sites (tertiary alicyclic amines) is 1. The molecule has 2 rings (SSSR count). The summed E-state index contributed by atoms with van der Waals surface area (Å²) in [6.07, 6.45) is 15.5. The molecular formula is C20H33N. The van der Waals surface area contributed by atoms with Gasteiger partial charge < -0.3 is 4.90 Å². The fourth-order valence-electron chi connectivity index (χ4n) is 3.86. The van der Waals surface area contributed by atoms with Crippen molar-refractivity contribution in [2.24, 2.45) is 11.8 Å². The van der Waals surface area contributed by atoms with Crippen molar-refractivity contribution in [3.05, 3.63) is 35.1 Å². The quantitative estimate of drug-likeness (QED) is 0.605. The first kappa shape index (κ1) is 16.4. The average molecular weight is 287 g/mol. The number of allylic oxidation sites excluding steroid dienone is 5. The average Bonchev–Trinajstić information content (AvgIpc) is 2.95. The van der Waals surface area contributed by atoms with Crippen molar-refractivity contribution in [3.63, 3.8) is 0 Å². The van der Waals surface area contributed by atoms with Gasteiger partial charge in [-0.1, -0.05) is 38.8 Å². The molecule has 1 aliphatic carbocycles. The first-order valence-corrected chi connectivity index (χ1v) is 9.00. The molecule has 0 aromatic carbocycles. The van der Waals surface area contributed by atoms with Gasteiger partial charge in [0.15, 0.2) is 0 Å². The summed E-state index contributed by atoms with van der Waals surface area (Å²) in [4.78, 5) is 2.58. The molecule has 1 heteroatoms. The highest BCUT2D eigenvalue weighted by molar-refractivity contribution is 5.41. The molecule has 1 heterocycles. The largest absolute Gasteiger partial charge is 0.371 e. The van der Waals surface area contributed by atoms with E-state index in [0.717, 1.165) is 5.92 Å². The van der Waals surface area contributed by atoms with Gasteiger partial charge in [0.25, 0.3) is 0 Å². The lowest BCUT2D eigenvalue weighted by molar-refractivity contribution is 0.383. The van der Waals surface area contributed by atoms with E-state index in [0.29, 0.717) is 5.92 Å². The van der Waals surface area contributed by atoms with Gasteiger partial charge in [-0.05, 0) is 68.6 Å². The molecule has 2 aliphatic rings. The Labute approximate surface area is 131 Å². The zero-order valence-corrected chi connectivity index (χ0v) is 14.5. The van der Waals surface area contributed by atoms with Crippen LogP contribution in [0.1, 0.15) is 66.2 Å². The lowest BCUT2D eigenvalue weighted by Crippen LogP contribution is -2.18. The van der Waals surface area contributed by atoms with Crippen molar-refractivity contribution in [1.29, 1.82) is 0 Å². The van der Waals surface area contributed by atoms with E-state index in [1.807, 2.05) is 0 Å². The summed E-state index contributed by atoms with van der Waals surface area (Å²) >= 11 is 0. The standard InChI is InChI=1S/C20H33N/c1-5-9-18(10-6-2)19-11-12-20(17(4)16(3)15-19)21-13-7-8-14-21/h11-12,15,18-19H,5-10,13-14H2,1-4H3. The number of hydrogen-bond acceptors (Lipinski definition) is 1. The zero-order chi connectivity index (χ0) is 15.2. The normalized spacial score (nSPS) is 23.0. The first-order chi connectivity index (χ1) is 10.2. The van der Waals surface area contributed by atoms with Crippen LogP contribution in [0.4, 0.5) is 0 Å². The monoisotopic (exact) mass is 287 g/mol. The summed E-state index contributed by atoms with van der Waals surface area (Å²) in [7, 11) is 0. The SMILES string of the molecule is CCCC(CCC)C1C=CC(N2CCCC2)=C(C)C(C)=C1. The molecular weight excluding hydrogens is 254 g/mol. The Bertz CT molecular complexity index is 415. The van der Waals surface area contributed by atoms with Crippen molar-refractivity contribution in [2.75, 3.05) is 13.1 Å². The van der Waals surface area contributed by atoms with E-state index in [1.165, 1.54) is 68.5 Å². The van der Waals surface area contributed by atoms with Crippen LogP contribution in [0.3, 0.4) is 0 Å². The lowest BCUT2D eigenvalue weighted by Gasteiger charge is -2.22. The maximum absolute atomic E-state index is 2.58. The first-order valence-electron chi connectivity index (χ1n) is 9.00. The van der Waals surface area contributed by atoms with Crippen LogP contribution in [-0.2, 0) is 0 Å². The third-order valence-electron chi connectivity index (χ3n) is 5.20. The Morgan fingerprint density at radius 2 is 1.71 bits per heavy atom. The topological polar surface area (TPSA) is 3.24 Å². The van der Waals surface area contributed by atoms with E-state index in [1.54, 1.807) is 0 Å². The number of rotatable bonds is 6. The molecule has 0 saturated carbocycles. The highest BCUT2D eigenvalue weighted by atomic mass is 15.1. The second-order valence-corrected chi connectivity index (χ2v) is 6.83. The molecule has 1 atom stereocenters. The molecule has 1 saturated heterocycles. The molecule has 1 fully saturated rings. The van der Waals surface area contributed by atoms with Gasteiger partial charge in [-0.2, -0.15) is 0 Å². The highest BCUT2D eigenvalue weighted by Gasteiger charge is 2.21. The van der Waals surface area contributed by atoms with Crippen molar-refractivity contribution < 1.29 is 0 Å². The van der Waals surface area contributed by atoms with Gasteiger partial charge in [0.05, 0.1) is 0 Å². The number of hydrogen-bond donors (Lipinski definition) is 0. The van der Waals surface area contributed by atoms with Crippen LogP contribution in [0.25, 0.3) is 0 Å². The van der Waals surface area contributed by atoms with Crippen LogP contribution < -0.4 is 0 Å². The fourth-order valence-corrected chi connectivity index (χ4v) is 3.86. The van der Waals surface area contributed by atoms with Gasteiger partial charge in [0.2, 0.25) is 0 Å². The molecule has 0 aromatic rings. The Morgan fingerprint density at radius 1 is 1.10 bits per heavy atom. The van der Waals surface area contributed by atoms with Gasteiger partial charge in [-0.3, -0.25) is 0 Å². The summed E-state index contributed by atoms with van der Waals surface area (Å²) in [5.41, 5.74) is 4.46. The third-order valence-corrected chi connectivity index (χ3v) is 5.20. The van der Waals surface area contributed by atoms with E-state index in [-0.39, 0.29) is 0 Å². The lowest BCUT2D eigenvalue weighted by atomic mass is 9.84. The molecule has 0 amide bonds. The van der Waals surface area contributed by atoms with Crippen LogP contribution in [0.5, 0.6) is 0 Å². The Balaban J connectivity index is 2.20. The Morgan fingerprint density at radius 3 is 2.29 bits per heavy atom. The van der Waals surface area contributed by atoms with Crippen LogP contribution in [0.15, 0.2) is 35.1 Å². The maximum Gasteiger partial charge on any atom is 0.0395 e. The molecule has 1 nitrogen and oxygen atoms in total. The smallest absolute Gasteiger partial charge is 0.0395 e. The van der Waals surface area contributed by atoms with Crippen LogP contribution >= 0.6 is 0 Å². The molecule has 0 N–H and O–H groups in total. The van der Waals surface area contributed by atoms with E-state index in [4.69, 9.17) is 0 Å². The zero-order valence-electron chi connectivity index (χ0n) is 14.5. The van der Waals surface area contributed by atoms with Crippen molar-refractivity contribution in [3.8, 4) is 0 Å². The van der Waals surface area contributed by atoms with E-state index in [9.17, 15) is 0 Å². The maximum atomic E-state index is 2.58. The van der Waals surface area contributed by atoms with Gasteiger partial charge in [0, 0.05) is 18.8 Å². The van der Waals surface area contributed by atoms with Crippen molar-refractivity contribution in [2.45, 2.75) is 66.2 Å². The minimum atomic E-state index is 0.625. The fraction of sp³-hybridized carbons (Fsp3) is 0.700. The number of nitrogens with zero attached hydrogens (tertiary/aromatic N) is 1. The van der Waals surface area contributed by atoms with Gasteiger partial charge >= 0.3 is 0 Å². The summed E-state index contributed by atoms with van der Waals surface area (Å²) in [6, 6.07) is 0. The van der Waals surface area contributed by atoms with Crippen LogP contribution in [0, 0.1) is 11.8 Å². The molecule has 0 aromatic heterocycles. The highest BCUT2D eigenvalue weighted by Crippen LogP contribution is 2.32. The third kappa shape index (κ3) is 4.02. The Hall–Kier alpha value is -0.980. The molecule has 21 heavy (non-hydrogen) atoms. The van der Waals surface area contributed by atoms with Gasteiger partial charge in [0.1, 0.15) is 0 Å². The predicted octanol–water partition coefficient (Wildman–Crippen LogP) is 5.70. The van der Waals surface area contributed by atoms with Crippen molar-refractivity contribution in [1.82, 2.24) is 4.90 Å². The predicted molar refractivity (Wildman–Crippen MR) is 93.2 cm³/mol. The van der Waals surface area contributed by atoms with E-state index < -0.39 is 0 Å². The van der Waals surface area contributed by atoms with Crippen molar-refractivity contribution >= 4 is 0 Å². The summed E-state index contributed by atoms with van der Waals surface area (Å²) in [6.45, 7) is 11.7. The summed E-state index contributed by atoms with van der Waals surface area (Å²) < 4.78 is 0. The molecule has 0 bridgehead atoms. The van der Waals surface area contributed by atoms with E-state index in [2.05, 4.69) is 50.8 Å². The van der Waals surface area contributed by atoms with Gasteiger partial charge in [-0.15, -0.1) is 0 Å². The minimum absolute atomic E-state index is 0.625. The summed E-state index contributed by atoms with van der Waals surface area (Å²) in [5, 5.41) is 0. The summed E-state index contributed by atoms with van der Waals surface area (Å²) in [5.74, 6) is 1.44. The molecule has 118 valence electrons. The van der Waals surface area contributed by atoms with E-state index >= 15 is 0 Å². The molecule has 0 spiro atoms. The molecule has 1 unspecified atom stereocenters.